The number of fused-ring (bicyclic) bond motifs is 1. The zero-order chi connectivity index (χ0) is 16.2. The highest BCUT2D eigenvalue weighted by atomic mass is 79.9. The maximum atomic E-state index is 12.8. The largest absolute Gasteiger partial charge is 0.397 e. The summed E-state index contributed by atoms with van der Waals surface area (Å²) in [6.45, 7) is 7.61. The molecule has 5 nitrogen and oxygen atoms in total. The summed E-state index contributed by atoms with van der Waals surface area (Å²) in [5, 5.41) is 5.15. The average Bonchev–Trinajstić information content (AvgIpc) is 2.90. The summed E-state index contributed by atoms with van der Waals surface area (Å²) in [6, 6.07) is 1.97. The molecule has 0 saturated carbocycles. The van der Waals surface area contributed by atoms with Crippen molar-refractivity contribution in [3.63, 3.8) is 0 Å². The van der Waals surface area contributed by atoms with Gasteiger partial charge in [-0.05, 0) is 55.3 Å². The normalized spacial score (nSPS) is 11.3. The Morgan fingerprint density at radius 3 is 2.59 bits per heavy atom. The SMILES string of the molecule is Cc1cc(C)c2c(N)c(C(=O)n3nc(C)c(Br)c3C)sc2n1. The highest BCUT2D eigenvalue weighted by Gasteiger charge is 2.23. The summed E-state index contributed by atoms with van der Waals surface area (Å²) in [5.74, 6) is -0.219. The second-order valence-electron chi connectivity index (χ2n) is 5.31. The monoisotopic (exact) mass is 378 g/mol. The van der Waals surface area contributed by atoms with Gasteiger partial charge >= 0.3 is 0 Å². The van der Waals surface area contributed by atoms with Crippen LogP contribution in [-0.2, 0) is 0 Å². The highest BCUT2D eigenvalue weighted by Crippen LogP contribution is 2.36. The first-order chi connectivity index (χ1) is 10.3. The Bertz CT molecular complexity index is 926. The lowest BCUT2D eigenvalue weighted by atomic mass is 10.1. The molecule has 0 amide bonds. The van der Waals surface area contributed by atoms with Gasteiger partial charge in [0.1, 0.15) is 9.71 Å². The quantitative estimate of drug-likeness (QED) is 0.699. The fraction of sp³-hybridized carbons (Fsp3) is 0.267. The number of nitrogens with two attached hydrogens (primary N) is 1. The molecule has 3 heterocycles. The number of anilines is 1. The zero-order valence-corrected chi connectivity index (χ0v) is 15.1. The highest BCUT2D eigenvalue weighted by molar-refractivity contribution is 9.10. The Hall–Kier alpha value is -1.73. The van der Waals surface area contributed by atoms with Crippen LogP contribution in [0, 0.1) is 27.7 Å². The van der Waals surface area contributed by atoms with E-state index in [1.54, 1.807) is 0 Å². The lowest BCUT2D eigenvalue weighted by molar-refractivity contribution is 0.0947. The molecule has 3 aromatic heterocycles. The van der Waals surface area contributed by atoms with Crippen LogP contribution in [0.3, 0.4) is 0 Å². The van der Waals surface area contributed by atoms with Gasteiger partial charge in [0.25, 0.3) is 5.91 Å². The van der Waals surface area contributed by atoms with Crippen molar-refractivity contribution in [2.75, 3.05) is 5.73 Å². The van der Waals surface area contributed by atoms with Gasteiger partial charge in [0.2, 0.25) is 0 Å². The van der Waals surface area contributed by atoms with Crippen LogP contribution in [-0.4, -0.2) is 20.7 Å². The molecule has 0 unspecified atom stereocenters. The second-order valence-corrected chi connectivity index (χ2v) is 7.10. The molecule has 0 atom stereocenters. The first-order valence-corrected chi connectivity index (χ1v) is 8.34. The Kier molecular flexibility index (Phi) is 3.57. The number of thiophene rings is 1. The van der Waals surface area contributed by atoms with Crippen LogP contribution in [0.2, 0.25) is 0 Å². The predicted molar refractivity (Wildman–Crippen MR) is 92.6 cm³/mol. The fourth-order valence-corrected chi connectivity index (χ4v) is 3.93. The number of halogens is 1. The van der Waals surface area contributed by atoms with Crippen molar-refractivity contribution in [2.45, 2.75) is 27.7 Å². The molecule has 0 spiro atoms. The van der Waals surface area contributed by atoms with Gasteiger partial charge in [0.15, 0.2) is 0 Å². The molecule has 0 bridgehead atoms. The van der Waals surface area contributed by atoms with Crippen LogP contribution >= 0.6 is 27.3 Å². The third kappa shape index (κ3) is 2.16. The van der Waals surface area contributed by atoms with Crippen molar-refractivity contribution < 1.29 is 4.79 Å². The Morgan fingerprint density at radius 1 is 1.32 bits per heavy atom. The molecule has 22 heavy (non-hydrogen) atoms. The summed E-state index contributed by atoms with van der Waals surface area (Å²) in [4.78, 5) is 18.6. The smallest absolute Gasteiger partial charge is 0.290 e. The first kappa shape index (κ1) is 15.2. The van der Waals surface area contributed by atoms with Gasteiger partial charge in [-0.25, -0.2) is 4.98 Å². The molecule has 2 N–H and O–H groups in total. The standard InChI is InChI=1S/C15H15BrN4OS/c1-6-5-7(2)18-14-10(6)12(17)13(22-14)15(21)20-9(4)11(16)8(3)19-20/h5H,17H2,1-4H3. The van der Waals surface area contributed by atoms with E-state index in [0.29, 0.717) is 10.6 Å². The van der Waals surface area contributed by atoms with Crippen LogP contribution in [0.5, 0.6) is 0 Å². The molecule has 0 aromatic carbocycles. The molecule has 3 rings (SSSR count). The van der Waals surface area contributed by atoms with Crippen LogP contribution in [0.1, 0.15) is 32.3 Å². The summed E-state index contributed by atoms with van der Waals surface area (Å²) < 4.78 is 2.23. The fourth-order valence-electron chi connectivity index (χ4n) is 2.55. The Labute approximate surface area is 140 Å². The molecular weight excluding hydrogens is 364 g/mol. The van der Waals surface area contributed by atoms with E-state index in [-0.39, 0.29) is 5.91 Å². The van der Waals surface area contributed by atoms with Crippen LogP contribution in [0.15, 0.2) is 10.5 Å². The molecule has 114 valence electrons. The van der Waals surface area contributed by atoms with Crippen LogP contribution in [0.4, 0.5) is 5.69 Å². The first-order valence-electron chi connectivity index (χ1n) is 6.74. The summed E-state index contributed by atoms with van der Waals surface area (Å²) in [7, 11) is 0. The number of carbonyl (C=O) groups excluding carboxylic acids is 1. The van der Waals surface area contributed by atoms with Crippen molar-refractivity contribution in [1.82, 2.24) is 14.8 Å². The maximum absolute atomic E-state index is 12.8. The van der Waals surface area contributed by atoms with E-state index in [2.05, 4.69) is 26.0 Å². The molecule has 0 fully saturated rings. The van der Waals surface area contributed by atoms with E-state index >= 15 is 0 Å². The lowest BCUT2D eigenvalue weighted by Crippen LogP contribution is -2.15. The zero-order valence-electron chi connectivity index (χ0n) is 12.7. The number of aryl methyl sites for hydroxylation is 3. The van der Waals surface area contributed by atoms with E-state index in [4.69, 9.17) is 5.73 Å². The number of aromatic nitrogens is 3. The molecule has 0 aliphatic rings. The topological polar surface area (TPSA) is 73.8 Å². The third-order valence-electron chi connectivity index (χ3n) is 3.61. The average molecular weight is 379 g/mol. The van der Waals surface area contributed by atoms with Crippen molar-refractivity contribution in [3.8, 4) is 0 Å². The minimum absolute atomic E-state index is 0.219. The number of rotatable bonds is 1. The van der Waals surface area contributed by atoms with Crippen molar-refractivity contribution in [3.05, 3.63) is 38.1 Å². The predicted octanol–water partition coefficient (Wildman–Crippen LogP) is 3.76. The van der Waals surface area contributed by atoms with Crippen molar-refractivity contribution in [2.24, 2.45) is 0 Å². The van der Waals surface area contributed by atoms with E-state index < -0.39 is 0 Å². The van der Waals surface area contributed by atoms with Crippen LogP contribution < -0.4 is 5.73 Å². The van der Waals surface area contributed by atoms with Crippen LogP contribution in [0.25, 0.3) is 10.2 Å². The minimum Gasteiger partial charge on any atom is -0.397 e. The molecular formula is C15H15BrN4OS. The third-order valence-corrected chi connectivity index (χ3v) is 5.85. The number of carbonyl (C=O) groups is 1. The van der Waals surface area contributed by atoms with Gasteiger partial charge in [-0.1, -0.05) is 0 Å². The van der Waals surface area contributed by atoms with Gasteiger partial charge in [0, 0.05) is 11.1 Å². The number of nitrogen functional groups attached to an aromatic ring is 1. The molecule has 0 aliphatic heterocycles. The Balaban J connectivity index is 2.22. The second kappa shape index (κ2) is 5.17. The van der Waals surface area contributed by atoms with Gasteiger partial charge in [-0.15, -0.1) is 11.3 Å². The van der Waals surface area contributed by atoms with E-state index in [1.807, 2.05) is 33.8 Å². The number of hydrogen-bond donors (Lipinski definition) is 1. The van der Waals surface area contributed by atoms with Gasteiger partial charge in [-0.3, -0.25) is 4.79 Å². The lowest BCUT2D eigenvalue weighted by Gasteiger charge is -2.02. The van der Waals surface area contributed by atoms with Crippen molar-refractivity contribution in [1.29, 1.82) is 0 Å². The summed E-state index contributed by atoms with van der Waals surface area (Å²) in [5.41, 5.74) is 10.2. The number of hydrogen-bond acceptors (Lipinski definition) is 5. The van der Waals surface area contributed by atoms with E-state index in [9.17, 15) is 4.79 Å². The number of nitrogens with zero attached hydrogens (tertiary/aromatic N) is 3. The summed E-state index contributed by atoms with van der Waals surface area (Å²) in [6.07, 6.45) is 0. The maximum Gasteiger partial charge on any atom is 0.290 e. The molecule has 0 radical (unpaired) electrons. The molecule has 3 aromatic rings. The van der Waals surface area contributed by atoms with E-state index in [1.165, 1.54) is 16.0 Å². The number of pyridine rings is 1. The summed E-state index contributed by atoms with van der Waals surface area (Å²) >= 11 is 4.76. The molecule has 0 aliphatic carbocycles. The van der Waals surface area contributed by atoms with Gasteiger partial charge < -0.3 is 5.73 Å². The van der Waals surface area contributed by atoms with Gasteiger partial charge in [0.05, 0.1) is 21.5 Å². The minimum atomic E-state index is -0.219. The Morgan fingerprint density at radius 2 is 2.00 bits per heavy atom. The van der Waals surface area contributed by atoms with E-state index in [0.717, 1.165) is 37.3 Å². The molecule has 7 heteroatoms. The molecule has 0 saturated heterocycles. The van der Waals surface area contributed by atoms with Gasteiger partial charge in [-0.2, -0.15) is 9.78 Å². The van der Waals surface area contributed by atoms with Crippen molar-refractivity contribution >= 4 is 49.1 Å².